The Kier molecular flexibility index (Phi) is 3.40. The summed E-state index contributed by atoms with van der Waals surface area (Å²) in [5.41, 5.74) is 9.28. The first-order valence-corrected chi connectivity index (χ1v) is 6.97. The molecule has 0 saturated heterocycles. The molecule has 2 aromatic carbocycles. The van der Waals surface area contributed by atoms with Crippen molar-refractivity contribution < 1.29 is 4.39 Å². The molecule has 1 heterocycles. The highest BCUT2D eigenvalue weighted by atomic mass is 32.1. The van der Waals surface area contributed by atoms with Gasteiger partial charge in [-0.1, -0.05) is 42.5 Å². The summed E-state index contributed by atoms with van der Waals surface area (Å²) in [5.74, 6) is -0.250. The highest BCUT2D eigenvalue weighted by molar-refractivity contribution is 7.80. The number of halogens is 1. The molecule has 0 amide bonds. The van der Waals surface area contributed by atoms with Gasteiger partial charge < -0.3 is 10.6 Å². The summed E-state index contributed by atoms with van der Waals surface area (Å²) in [7, 11) is 0. The van der Waals surface area contributed by atoms with Crippen LogP contribution < -0.4 is 10.6 Å². The highest BCUT2D eigenvalue weighted by Crippen LogP contribution is 2.29. The summed E-state index contributed by atoms with van der Waals surface area (Å²) in [6.07, 6.45) is 1.02. The second-order valence-electron chi connectivity index (χ2n) is 4.97. The molecule has 0 aliphatic carbocycles. The summed E-state index contributed by atoms with van der Waals surface area (Å²) < 4.78 is 14.1. The molecule has 0 bridgehead atoms. The van der Waals surface area contributed by atoms with Gasteiger partial charge in [0, 0.05) is 29.9 Å². The fourth-order valence-corrected chi connectivity index (χ4v) is 2.73. The van der Waals surface area contributed by atoms with Crippen LogP contribution in [0, 0.1) is 5.82 Å². The van der Waals surface area contributed by atoms with Crippen molar-refractivity contribution in [3.05, 3.63) is 65.0 Å². The molecule has 3 rings (SSSR count). The molecule has 102 valence electrons. The minimum Gasteiger partial charge on any atom is -0.389 e. The Hall–Kier alpha value is -1.94. The van der Waals surface area contributed by atoms with Crippen LogP contribution in [0.5, 0.6) is 0 Å². The van der Waals surface area contributed by atoms with E-state index in [1.807, 2.05) is 12.1 Å². The predicted octanol–water partition coefficient (Wildman–Crippen LogP) is 3.02. The van der Waals surface area contributed by atoms with Gasteiger partial charge in [0.15, 0.2) is 0 Å². The number of rotatable bonds is 3. The van der Waals surface area contributed by atoms with Crippen LogP contribution in [0.2, 0.25) is 0 Å². The second-order valence-corrected chi connectivity index (χ2v) is 5.41. The van der Waals surface area contributed by atoms with Crippen LogP contribution in [0.4, 0.5) is 10.1 Å². The molecule has 0 spiro atoms. The van der Waals surface area contributed by atoms with Gasteiger partial charge in [-0.2, -0.15) is 0 Å². The third-order valence-corrected chi connectivity index (χ3v) is 3.92. The number of nitrogens with two attached hydrogens (primary N) is 1. The van der Waals surface area contributed by atoms with Gasteiger partial charge in [0.1, 0.15) is 10.8 Å². The molecule has 0 radical (unpaired) electrons. The van der Waals surface area contributed by atoms with E-state index in [1.54, 1.807) is 12.1 Å². The Balaban J connectivity index is 1.84. The van der Waals surface area contributed by atoms with Crippen molar-refractivity contribution in [2.75, 3.05) is 11.4 Å². The Morgan fingerprint density at radius 3 is 2.80 bits per heavy atom. The molecule has 2 N–H and O–H groups in total. The van der Waals surface area contributed by atoms with Crippen molar-refractivity contribution in [1.82, 2.24) is 0 Å². The molecule has 4 heteroatoms. The predicted molar refractivity (Wildman–Crippen MR) is 83.5 cm³/mol. The molecule has 1 aliphatic rings. The van der Waals surface area contributed by atoms with Crippen LogP contribution in [0.3, 0.4) is 0 Å². The first-order valence-electron chi connectivity index (χ1n) is 6.56. The van der Waals surface area contributed by atoms with Gasteiger partial charge in [-0.3, -0.25) is 0 Å². The maximum atomic E-state index is 14.1. The first-order chi connectivity index (χ1) is 9.65. The fourth-order valence-electron chi connectivity index (χ4n) is 2.61. The van der Waals surface area contributed by atoms with E-state index in [9.17, 15) is 4.39 Å². The van der Waals surface area contributed by atoms with Crippen LogP contribution >= 0.6 is 12.2 Å². The average molecular weight is 286 g/mol. The summed E-state index contributed by atoms with van der Waals surface area (Å²) >= 11 is 4.86. The van der Waals surface area contributed by atoms with E-state index in [2.05, 4.69) is 17.0 Å². The van der Waals surface area contributed by atoms with Crippen molar-refractivity contribution >= 4 is 22.9 Å². The van der Waals surface area contributed by atoms with E-state index in [-0.39, 0.29) is 10.8 Å². The van der Waals surface area contributed by atoms with Crippen LogP contribution in [0.15, 0.2) is 42.5 Å². The molecule has 20 heavy (non-hydrogen) atoms. The first kappa shape index (κ1) is 13.1. The summed E-state index contributed by atoms with van der Waals surface area (Å²) in [6, 6.07) is 13.2. The molecular formula is C16H15FN2S. The van der Waals surface area contributed by atoms with Crippen molar-refractivity contribution in [1.29, 1.82) is 0 Å². The zero-order valence-electron chi connectivity index (χ0n) is 11.0. The lowest BCUT2D eigenvalue weighted by molar-refractivity contribution is 0.605. The minimum absolute atomic E-state index is 0.224. The van der Waals surface area contributed by atoms with Crippen molar-refractivity contribution in [2.45, 2.75) is 13.0 Å². The number of hydrogen-bond donors (Lipinski definition) is 1. The topological polar surface area (TPSA) is 29.3 Å². The third kappa shape index (κ3) is 2.39. The second kappa shape index (κ2) is 5.21. The number of nitrogens with zero attached hydrogens (tertiary/aromatic N) is 1. The Bertz CT molecular complexity index is 669. The van der Waals surface area contributed by atoms with Gasteiger partial charge in [-0.25, -0.2) is 4.39 Å². The van der Waals surface area contributed by atoms with Gasteiger partial charge in [-0.15, -0.1) is 0 Å². The minimum atomic E-state index is -0.250. The average Bonchev–Trinajstić information content (AvgIpc) is 2.84. The number of fused-ring (bicyclic) bond motifs is 1. The molecule has 0 unspecified atom stereocenters. The standard InChI is InChI=1S/C16H15FN2S/c17-14-9-12(16(18)20)5-6-13(14)10-19-8-7-11-3-1-2-4-15(11)19/h1-6,9H,7-8,10H2,(H2,18,20). The molecule has 0 saturated carbocycles. The van der Waals surface area contributed by atoms with E-state index < -0.39 is 0 Å². The Morgan fingerprint density at radius 1 is 1.25 bits per heavy atom. The molecular weight excluding hydrogens is 271 g/mol. The lowest BCUT2D eigenvalue weighted by Crippen LogP contribution is -2.20. The normalized spacial score (nSPS) is 13.3. The summed E-state index contributed by atoms with van der Waals surface area (Å²) in [4.78, 5) is 2.43. The van der Waals surface area contributed by atoms with E-state index in [0.29, 0.717) is 17.7 Å². The zero-order valence-corrected chi connectivity index (χ0v) is 11.8. The molecule has 0 atom stereocenters. The lowest BCUT2D eigenvalue weighted by atomic mass is 10.1. The van der Waals surface area contributed by atoms with E-state index in [0.717, 1.165) is 13.0 Å². The number of thiocarbonyl (C=S) groups is 1. The Morgan fingerprint density at radius 2 is 2.05 bits per heavy atom. The van der Waals surface area contributed by atoms with Gasteiger partial charge >= 0.3 is 0 Å². The summed E-state index contributed by atoms with van der Waals surface area (Å²) in [6.45, 7) is 1.50. The zero-order chi connectivity index (χ0) is 14.1. The number of para-hydroxylation sites is 1. The molecule has 0 aromatic heterocycles. The maximum absolute atomic E-state index is 14.1. The van der Waals surface area contributed by atoms with Crippen LogP contribution in [-0.2, 0) is 13.0 Å². The molecule has 1 aliphatic heterocycles. The van der Waals surface area contributed by atoms with Crippen LogP contribution in [0.25, 0.3) is 0 Å². The summed E-state index contributed by atoms with van der Waals surface area (Å²) in [5, 5.41) is 0. The van der Waals surface area contributed by atoms with Gasteiger partial charge in [0.2, 0.25) is 0 Å². The van der Waals surface area contributed by atoms with Gasteiger partial charge in [0.25, 0.3) is 0 Å². The fraction of sp³-hybridized carbons (Fsp3) is 0.188. The highest BCUT2D eigenvalue weighted by Gasteiger charge is 2.19. The lowest BCUT2D eigenvalue weighted by Gasteiger charge is -2.20. The largest absolute Gasteiger partial charge is 0.389 e. The van der Waals surface area contributed by atoms with Crippen molar-refractivity contribution in [3.63, 3.8) is 0 Å². The monoisotopic (exact) mass is 286 g/mol. The van der Waals surface area contributed by atoms with Crippen LogP contribution in [-0.4, -0.2) is 11.5 Å². The maximum Gasteiger partial charge on any atom is 0.128 e. The number of benzene rings is 2. The number of hydrogen-bond acceptors (Lipinski definition) is 2. The molecule has 2 aromatic rings. The van der Waals surface area contributed by atoms with Crippen LogP contribution in [0.1, 0.15) is 16.7 Å². The van der Waals surface area contributed by atoms with Crippen molar-refractivity contribution in [2.24, 2.45) is 5.73 Å². The smallest absolute Gasteiger partial charge is 0.128 e. The Labute approximate surface area is 123 Å². The molecule has 0 fully saturated rings. The van der Waals surface area contributed by atoms with Gasteiger partial charge in [0.05, 0.1) is 0 Å². The van der Waals surface area contributed by atoms with E-state index in [1.165, 1.54) is 17.3 Å². The molecule has 2 nitrogen and oxygen atoms in total. The third-order valence-electron chi connectivity index (χ3n) is 3.68. The van der Waals surface area contributed by atoms with E-state index in [4.69, 9.17) is 18.0 Å². The number of anilines is 1. The quantitative estimate of drug-likeness (QED) is 0.879. The SMILES string of the molecule is NC(=S)c1ccc(CN2CCc3ccccc32)c(F)c1. The van der Waals surface area contributed by atoms with Gasteiger partial charge in [-0.05, 0) is 24.1 Å². The van der Waals surface area contributed by atoms with E-state index >= 15 is 0 Å². The van der Waals surface area contributed by atoms with Crippen molar-refractivity contribution in [3.8, 4) is 0 Å².